The first-order valence-electron chi connectivity index (χ1n) is 44.0. The van der Waals surface area contributed by atoms with Crippen molar-refractivity contribution in [3.8, 4) is 114 Å². The van der Waals surface area contributed by atoms with Crippen LogP contribution in [0.2, 0.25) is 0 Å². The van der Waals surface area contributed by atoms with Gasteiger partial charge in [0.25, 0.3) is 28.7 Å². The number of methoxy groups -OCH3 is 1. The monoisotopic (exact) mass is 1980 g/mol. The fourth-order valence-corrected chi connectivity index (χ4v) is 15.9. The van der Waals surface area contributed by atoms with E-state index in [9.17, 15) is 71.9 Å². The van der Waals surface area contributed by atoms with Gasteiger partial charge < -0.3 is 37.9 Å². The lowest BCUT2D eigenvalue weighted by Gasteiger charge is -2.24. The normalized spacial score (nSPS) is 12.2. The average molecular weight is 1980 g/mol. The first kappa shape index (κ1) is 96.6. The Morgan fingerprint density at radius 3 is 0.938 bits per heavy atom. The highest BCUT2D eigenvalue weighted by atomic mass is 19.4. The molecule has 0 bridgehead atoms. The molecule has 1 fully saturated rings. The third-order valence-corrected chi connectivity index (χ3v) is 22.5. The summed E-state index contributed by atoms with van der Waals surface area (Å²) in [5.41, 5.74) is 7.93. The second-order valence-corrected chi connectivity index (χ2v) is 32.5. The molecule has 20 aromatic rings. The molecule has 0 spiro atoms. The van der Waals surface area contributed by atoms with Crippen molar-refractivity contribution in [2.24, 2.45) is 34.1 Å². The maximum absolute atomic E-state index is 13.9. The molecule has 0 N–H and O–H groups in total. The Hall–Kier alpha value is -17.7. The number of benzene rings is 7. The van der Waals surface area contributed by atoms with Gasteiger partial charge in [-0.1, -0.05) is 42.8 Å². The lowest BCUT2D eigenvalue weighted by molar-refractivity contribution is -0.139. The summed E-state index contributed by atoms with van der Waals surface area (Å²) in [6.07, 6.45) is 4.03. The van der Waals surface area contributed by atoms with Gasteiger partial charge in [-0.15, -0.1) is 0 Å². The van der Waals surface area contributed by atoms with Crippen molar-refractivity contribution in [2.75, 3.05) is 40.2 Å². The first-order valence-corrected chi connectivity index (χ1v) is 44.0. The van der Waals surface area contributed by atoms with Crippen LogP contribution < -0.4 is 60.1 Å². The topological polar surface area (TPSA) is 349 Å². The Morgan fingerprint density at radius 1 is 0.354 bits per heavy atom. The molecule has 0 unspecified atom stereocenters. The summed E-state index contributed by atoms with van der Waals surface area (Å²) < 4.78 is 203. The molecule has 144 heavy (non-hydrogen) atoms. The molecule has 1 saturated carbocycles. The van der Waals surface area contributed by atoms with E-state index in [2.05, 4.69) is 79.9 Å². The van der Waals surface area contributed by atoms with Crippen molar-refractivity contribution in [3.63, 3.8) is 0 Å². The van der Waals surface area contributed by atoms with Crippen LogP contribution in [0.5, 0.6) is 46.6 Å². The fourth-order valence-electron chi connectivity index (χ4n) is 15.9. The summed E-state index contributed by atoms with van der Waals surface area (Å²) in [5.74, 6) is 1.10. The van der Waals surface area contributed by atoms with E-state index in [1.54, 1.807) is 142 Å². The molecule has 0 amide bonds. The molecule has 33 nitrogen and oxygen atoms in total. The molecular formula is C99H77F12N21O12. The van der Waals surface area contributed by atoms with E-state index < -0.39 is 81.0 Å². The van der Waals surface area contributed by atoms with E-state index in [-0.39, 0.29) is 85.8 Å². The number of ether oxygens (including phenoxy) is 8. The maximum Gasteiger partial charge on any atom is 0.392 e. The number of aryl methyl sites for hydroxylation is 4. The minimum Gasteiger partial charge on any atom is -0.481 e. The number of hydrogen-bond acceptors (Lipinski definition) is 25. The van der Waals surface area contributed by atoms with Crippen LogP contribution in [-0.2, 0) is 28.2 Å². The lowest BCUT2D eigenvalue weighted by Crippen LogP contribution is -2.24. The number of hydrogen-bond donors (Lipinski definition) is 0. The number of rotatable bonds is 27. The second-order valence-electron chi connectivity index (χ2n) is 32.5. The van der Waals surface area contributed by atoms with Crippen LogP contribution in [0.1, 0.15) is 25.7 Å². The number of pyridine rings is 5. The van der Waals surface area contributed by atoms with Crippen molar-refractivity contribution in [1.29, 1.82) is 0 Å². The Bertz CT molecular complexity index is 8440. The van der Waals surface area contributed by atoms with Crippen LogP contribution in [0.4, 0.5) is 52.7 Å². The number of aromatic nitrogens is 21. The van der Waals surface area contributed by atoms with E-state index >= 15 is 0 Å². The van der Waals surface area contributed by atoms with Gasteiger partial charge in [0.05, 0.1) is 93.8 Å². The lowest BCUT2D eigenvalue weighted by atomic mass is 9.86. The standard InChI is InChI=1S/C27H23F2N5O3.C25H18F5N5O3.C24H18F3N5O3.C23H18F2N6O3/c1-33-14-18-13-19(7-10-21(18)31-33)34-26(35)24(17-5-8-20(9-6-17)37-27(28)29)25-22(32-34)11-12-23(30-25)36-15-16-3-2-4-16;1-34-13-15-12-16(4-7-18(15)32-34)35-23(36)21(14-2-5-17(6-3-14)38-24(26)27)22-19(33-35)8-9-20(31-22)37-11-10-25(28,29)30;1-31-13-15-12-16(4-7-18(15)29-31)32-23(33)21(14-2-5-17(6-3-14)35-24(26)27)22-19(30-32)8-9-20(28-22)34-11-10-25;1-30-11-14-9-15(4-5-16(14)28-30)31-23(32)21(13-3-7-19(33-2)26-10-13)22-17(29-31)6-8-20(27-22)34-12-18(24)25/h5-14,16,27H,2-4,15H2,1H3;2-9,12-13,24H,10-11H2,1H3;2-9,12-13,24H,10-11H2,1H3;3-11,18H,12H2,1-2H3. The third kappa shape index (κ3) is 21.7. The smallest absolute Gasteiger partial charge is 0.392 e. The molecule has 21 rings (SSSR count). The van der Waals surface area contributed by atoms with Gasteiger partial charge in [-0.25, -0.2) is 38.1 Å². The van der Waals surface area contributed by atoms with Gasteiger partial charge in [-0.05, 0) is 175 Å². The second kappa shape index (κ2) is 41.4. The van der Waals surface area contributed by atoms with Gasteiger partial charge in [0.2, 0.25) is 29.4 Å². The molecule has 0 radical (unpaired) electrons. The quantitative estimate of drug-likeness (QED) is 0.0432. The van der Waals surface area contributed by atoms with Crippen LogP contribution in [0, 0.1) is 5.92 Å². The van der Waals surface area contributed by atoms with E-state index in [0.29, 0.717) is 96.9 Å². The van der Waals surface area contributed by atoms with Crippen LogP contribution in [0.25, 0.3) is 155 Å². The van der Waals surface area contributed by atoms with Crippen molar-refractivity contribution in [1.82, 2.24) is 103 Å². The highest BCUT2D eigenvalue weighted by Gasteiger charge is 2.30. The SMILES string of the molecule is COc1ccc(-c2c(=O)n(-c3ccc4nn(C)cc4c3)nc3ccc(OCC(F)F)nc23)cn1.Cn1cc2cc(-n3nc4ccc(OCC5CCC5)nc4c(-c4ccc(OC(F)F)cc4)c3=O)ccc2n1.Cn1cc2cc(-n3nc4ccc(OCCC(F)(F)F)nc4c(-c4ccc(OC(F)F)cc4)c3=O)ccc2n1.Cn1cc2cc(-n3nc4ccc(OCCF)nc4c(-c4ccc(OC(F)F)cc4)c3=O)ccc2n1. The zero-order valence-electron chi connectivity index (χ0n) is 76.1. The molecule has 0 atom stereocenters. The van der Waals surface area contributed by atoms with Crippen molar-refractivity contribution in [3.05, 3.63) is 279 Å². The zero-order valence-corrected chi connectivity index (χ0v) is 76.1. The summed E-state index contributed by atoms with van der Waals surface area (Å²) >= 11 is 0. The molecular weight excluding hydrogens is 1900 g/mol. The number of alkyl halides is 12. The van der Waals surface area contributed by atoms with Gasteiger partial charge in [0.15, 0.2) is 6.61 Å². The molecule has 1 aliphatic rings. The Balaban J connectivity index is 0.000000126. The van der Waals surface area contributed by atoms with Crippen LogP contribution >= 0.6 is 0 Å². The summed E-state index contributed by atoms with van der Waals surface area (Å²) in [6, 6.07) is 53.9. The molecule has 13 heterocycles. The number of halogens is 12. The first-order chi connectivity index (χ1) is 69.4. The number of fused-ring (bicyclic) bond motifs is 8. The molecule has 13 aromatic heterocycles. The van der Waals surface area contributed by atoms with Gasteiger partial charge in [-0.2, -0.15) is 99.0 Å². The molecule has 0 aliphatic heterocycles. The Kier molecular flexibility index (Phi) is 27.7. The van der Waals surface area contributed by atoms with Crippen molar-refractivity contribution in [2.45, 2.75) is 58.1 Å². The predicted molar refractivity (Wildman–Crippen MR) is 506 cm³/mol. The minimum atomic E-state index is -4.41. The van der Waals surface area contributed by atoms with Crippen molar-refractivity contribution >= 4 is 87.7 Å². The van der Waals surface area contributed by atoms with Gasteiger partial charge >= 0.3 is 26.0 Å². The molecule has 7 aromatic carbocycles. The van der Waals surface area contributed by atoms with E-state index in [0.717, 1.165) is 50.9 Å². The predicted octanol–water partition coefficient (Wildman–Crippen LogP) is 18.0. The summed E-state index contributed by atoms with van der Waals surface area (Å²) in [7, 11) is 8.69. The van der Waals surface area contributed by atoms with Gasteiger partial charge in [0, 0.05) is 117 Å². The van der Waals surface area contributed by atoms with E-state index in [4.69, 9.17) is 23.7 Å². The third-order valence-electron chi connectivity index (χ3n) is 22.5. The highest BCUT2D eigenvalue weighted by Crippen LogP contribution is 2.37. The maximum atomic E-state index is 13.9. The van der Waals surface area contributed by atoms with Gasteiger partial charge in [-0.3, -0.25) is 37.9 Å². The Labute approximate surface area is 802 Å². The summed E-state index contributed by atoms with van der Waals surface area (Å²) in [5, 5.41) is 38.7. The Morgan fingerprint density at radius 2 is 0.653 bits per heavy atom. The molecule has 0 saturated heterocycles. The van der Waals surface area contributed by atoms with Crippen LogP contribution in [0.15, 0.2) is 256 Å². The molecule has 1 aliphatic carbocycles. The van der Waals surface area contributed by atoms with Crippen LogP contribution in [-0.4, -0.2) is 176 Å². The average Bonchev–Trinajstić information content (AvgIpc) is 0.950. The van der Waals surface area contributed by atoms with Crippen LogP contribution in [0.3, 0.4) is 0 Å². The minimum absolute atomic E-state index is 0.00283. The molecule has 45 heteroatoms. The summed E-state index contributed by atoms with van der Waals surface area (Å²) in [4.78, 5) is 76.8. The molecule has 734 valence electrons. The fraction of sp³-hybridized carbons (Fsp3) is 0.202. The number of nitrogens with zero attached hydrogens (tertiary/aromatic N) is 21. The van der Waals surface area contributed by atoms with Gasteiger partial charge in [0.1, 0.15) is 74.7 Å². The van der Waals surface area contributed by atoms with E-state index in [1.807, 2.05) is 50.9 Å². The summed E-state index contributed by atoms with van der Waals surface area (Å²) in [6.45, 7) is -10.7. The van der Waals surface area contributed by atoms with E-state index in [1.165, 1.54) is 123 Å². The van der Waals surface area contributed by atoms with Crippen molar-refractivity contribution < 1.29 is 90.6 Å². The zero-order chi connectivity index (χ0) is 101. The highest BCUT2D eigenvalue weighted by molar-refractivity contribution is 5.96. The largest absolute Gasteiger partial charge is 0.481 e.